The summed E-state index contributed by atoms with van der Waals surface area (Å²) in [4.78, 5) is 2.53. The van der Waals surface area contributed by atoms with Crippen molar-refractivity contribution in [3.63, 3.8) is 0 Å². The highest BCUT2D eigenvalue weighted by atomic mass is 15.2. The predicted molar refractivity (Wildman–Crippen MR) is 74.5 cm³/mol. The van der Waals surface area contributed by atoms with Crippen LogP contribution in [-0.2, 0) is 0 Å². The first-order valence-electron chi connectivity index (χ1n) is 6.70. The van der Waals surface area contributed by atoms with Crippen LogP contribution in [0.25, 0.3) is 0 Å². The lowest BCUT2D eigenvalue weighted by Crippen LogP contribution is -2.33. The number of anilines is 1. The molecule has 0 radical (unpaired) electrons. The summed E-state index contributed by atoms with van der Waals surface area (Å²) in [5, 5.41) is 0. The molecule has 0 amide bonds. The summed E-state index contributed by atoms with van der Waals surface area (Å²) in [5.41, 5.74) is 8.70. The molecule has 0 aliphatic carbocycles. The Hall–Kier alpha value is -1.02. The van der Waals surface area contributed by atoms with E-state index in [9.17, 15) is 0 Å². The molecule has 1 saturated heterocycles. The summed E-state index contributed by atoms with van der Waals surface area (Å²) in [6.45, 7) is 8.79. The van der Waals surface area contributed by atoms with E-state index in [1.165, 1.54) is 17.7 Å². The first kappa shape index (κ1) is 12.4. The van der Waals surface area contributed by atoms with Crippen LogP contribution >= 0.6 is 0 Å². The highest BCUT2D eigenvalue weighted by molar-refractivity contribution is 5.56. The maximum Gasteiger partial charge on any atom is 0.0403 e. The largest absolute Gasteiger partial charge is 0.368 e. The molecule has 2 atom stereocenters. The summed E-state index contributed by atoms with van der Waals surface area (Å²) in [6.07, 6.45) is 1.23. The van der Waals surface area contributed by atoms with Gasteiger partial charge in [-0.3, -0.25) is 0 Å². The van der Waals surface area contributed by atoms with Gasteiger partial charge < -0.3 is 10.6 Å². The van der Waals surface area contributed by atoms with E-state index in [1.807, 2.05) is 0 Å². The van der Waals surface area contributed by atoms with Crippen LogP contribution in [0.3, 0.4) is 0 Å². The molecule has 0 saturated carbocycles. The molecule has 2 unspecified atom stereocenters. The molecule has 1 aliphatic rings. The Kier molecular flexibility index (Phi) is 3.72. The number of benzene rings is 1. The molecule has 17 heavy (non-hydrogen) atoms. The summed E-state index contributed by atoms with van der Waals surface area (Å²) in [7, 11) is 0. The van der Waals surface area contributed by atoms with Crippen molar-refractivity contribution >= 4 is 5.69 Å². The number of hydrogen-bond donors (Lipinski definition) is 1. The van der Waals surface area contributed by atoms with E-state index in [4.69, 9.17) is 5.73 Å². The molecule has 1 heterocycles. The van der Waals surface area contributed by atoms with E-state index in [2.05, 4.69) is 49.9 Å². The number of nitrogens with zero attached hydrogens (tertiary/aromatic N) is 1. The van der Waals surface area contributed by atoms with Gasteiger partial charge in [0.25, 0.3) is 0 Å². The first-order chi connectivity index (χ1) is 8.15. The van der Waals surface area contributed by atoms with Gasteiger partial charge in [-0.1, -0.05) is 32.0 Å². The molecule has 2 N–H and O–H groups in total. The van der Waals surface area contributed by atoms with Crippen molar-refractivity contribution in [3.05, 3.63) is 29.8 Å². The quantitative estimate of drug-likeness (QED) is 0.868. The lowest BCUT2D eigenvalue weighted by atomic mass is 9.99. The van der Waals surface area contributed by atoms with E-state index in [-0.39, 0.29) is 0 Å². The Morgan fingerprint density at radius 1 is 1.35 bits per heavy atom. The van der Waals surface area contributed by atoms with E-state index < -0.39 is 0 Å². The molecule has 0 aromatic heterocycles. The van der Waals surface area contributed by atoms with Crippen LogP contribution in [0.5, 0.6) is 0 Å². The van der Waals surface area contributed by atoms with Crippen LogP contribution in [0, 0.1) is 5.92 Å². The molecule has 0 bridgehead atoms. The summed E-state index contributed by atoms with van der Waals surface area (Å²) >= 11 is 0. The maximum atomic E-state index is 5.84. The molecule has 2 nitrogen and oxygen atoms in total. The second-order valence-corrected chi connectivity index (χ2v) is 5.43. The van der Waals surface area contributed by atoms with Crippen molar-refractivity contribution in [1.82, 2.24) is 0 Å². The maximum absolute atomic E-state index is 5.84. The second-order valence-electron chi connectivity index (χ2n) is 5.43. The zero-order valence-electron chi connectivity index (χ0n) is 11.2. The van der Waals surface area contributed by atoms with Crippen LogP contribution in [0.2, 0.25) is 0 Å². The summed E-state index contributed by atoms with van der Waals surface area (Å²) in [6, 6.07) is 9.36. The highest BCUT2D eigenvalue weighted by Crippen LogP contribution is 2.34. The van der Waals surface area contributed by atoms with Gasteiger partial charge in [-0.2, -0.15) is 0 Å². The minimum absolute atomic E-state index is 0.569. The fourth-order valence-electron chi connectivity index (χ4n) is 2.90. The first-order valence-corrected chi connectivity index (χ1v) is 6.70. The topological polar surface area (TPSA) is 29.3 Å². The zero-order chi connectivity index (χ0) is 12.4. The van der Waals surface area contributed by atoms with E-state index in [0.717, 1.165) is 13.1 Å². The lowest BCUT2D eigenvalue weighted by molar-refractivity contribution is 0.508. The number of rotatable bonds is 3. The van der Waals surface area contributed by atoms with Gasteiger partial charge in [-0.05, 0) is 43.4 Å². The lowest BCUT2D eigenvalue weighted by Gasteiger charge is -2.29. The molecule has 0 spiro atoms. The van der Waals surface area contributed by atoms with Crippen molar-refractivity contribution in [3.8, 4) is 0 Å². The van der Waals surface area contributed by atoms with Gasteiger partial charge in [0.1, 0.15) is 0 Å². The third-order valence-corrected chi connectivity index (χ3v) is 4.09. The predicted octanol–water partition coefficient (Wildman–Crippen LogP) is 2.98. The average molecular weight is 232 g/mol. The molecule has 1 fully saturated rings. The van der Waals surface area contributed by atoms with Gasteiger partial charge in [0.05, 0.1) is 0 Å². The van der Waals surface area contributed by atoms with E-state index in [1.54, 1.807) is 0 Å². The van der Waals surface area contributed by atoms with Crippen molar-refractivity contribution in [1.29, 1.82) is 0 Å². The third kappa shape index (κ3) is 2.32. The van der Waals surface area contributed by atoms with E-state index >= 15 is 0 Å². The summed E-state index contributed by atoms with van der Waals surface area (Å²) in [5.74, 6) is 1.23. The molecular formula is C15H24N2. The van der Waals surface area contributed by atoms with Gasteiger partial charge in [0.15, 0.2) is 0 Å². The molecule has 1 aromatic rings. The molecule has 2 rings (SSSR count). The standard InChI is InChI=1S/C15H24N2/c1-11(2)14-6-4-5-7-15(14)17-9-8-13(10-16)12(17)3/h4-7,11-13H,8-10,16H2,1-3H3. The molecule has 2 heteroatoms. The summed E-state index contributed by atoms with van der Waals surface area (Å²) < 4.78 is 0. The monoisotopic (exact) mass is 232 g/mol. The highest BCUT2D eigenvalue weighted by Gasteiger charge is 2.30. The van der Waals surface area contributed by atoms with Crippen LogP contribution in [0.15, 0.2) is 24.3 Å². The van der Waals surface area contributed by atoms with Gasteiger partial charge in [-0.25, -0.2) is 0 Å². The van der Waals surface area contributed by atoms with Gasteiger partial charge >= 0.3 is 0 Å². The van der Waals surface area contributed by atoms with Crippen LogP contribution < -0.4 is 10.6 Å². The number of para-hydroxylation sites is 1. The smallest absolute Gasteiger partial charge is 0.0403 e. The number of hydrogen-bond acceptors (Lipinski definition) is 2. The SMILES string of the molecule is CC(C)c1ccccc1N1CCC(CN)C1C. The second kappa shape index (κ2) is 5.09. The minimum Gasteiger partial charge on any atom is -0.368 e. The average Bonchev–Trinajstić information content (AvgIpc) is 2.70. The van der Waals surface area contributed by atoms with Crippen LogP contribution in [-0.4, -0.2) is 19.1 Å². The van der Waals surface area contributed by atoms with Gasteiger partial charge in [0.2, 0.25) is 0 Å². The van der Waals surface area contributed by atoms with E-state index in [0.29, 0.717) is 17.9 Å². The normalized spacial score (nSPS) is 24.6. The molecule has 1 aromatic carbocycles. The third-order valence-electron chi connectivity index (χ3n) is 4.09. The Labute approximate surface area is 105 Å². The Bertz CT molecular complexity index is 373. The Morgan fingerprint density at radius 3 is 2.65 bits per heavy atom. The van der Waals surface area contributed by atoms with Gasteiger partial charge in [0, 0.05) is 18.3 Å². The van der Waals surface area contributed by atoms with Crippen LogP contribution in [0.1, 0.15) is 38.7 Å². The van der Waals surface area contributed by atoms with Crippen molar-refractivity contribution in [2.45, 2.75) is 39.2 Å². The zero-order valence-corrected chi connectivity index (χ0v) is 11.2. The Balaban J connectivity index is 2.29. The number of nitrogens with two attached hydrogens (primary N) is 1. The molecule has 94 valence electrons. The fourth-order valence-corrected chi connectivity index (χ4v) is 2.90. The molecular weight excluding hydrogens is 208 g/mol. The van der Waals surface area contributed by atoms with Crippen molar-refractivity contribution in [2.75, 3.05) is 18.0 Å². The molecule has 1 aliphatic heterocycles. The van der Waals surface area contributed by atoms with Gasteiger partial charge in [-0.15, -0.1) is 0 Å². The minimum atomic E-state index is 0.569. The van der Waals surface area contributed by atoms with Crippen molar-refractivity contribution < 1.29 is 0 Å². The van der Waals surface area contributed by atoms with Crippen molar-refractivity contribution in [2.24, 2.45) is 11.7 Å². The fraction of sp³-hybridized carbons (Fsp3) is 0.600. The Morgan fingerprint density at radius 2 is 2.06 bits per heavy atom. The van der Waals surface area contributed by atoms with Crippen LogP contribution in [0.4, 0.5) is 5.69 Å².